The van der Waals surface area contributed by atoms with E-state index in [0.29, 0.717) is 6.04 Å². The highest BCUT2D eigenvalue weighted by atomic mass is 15.3. The highest BCUT2D eigenvalue weighted by molar-refractivity contribution is 5.37. The summed E-state index contributed by atoms with van der Waals surface area (Å²) in [7, 11) is 0. The topological polar surface area (TPSA) is 44.9 Å². The fourth-order valence-corrected chi connectivity index (χ4v) is 2.66. The Hall–Kier alpha value is -1.34. The first kappa shape index (κ1) is 12.1. The monoisotopic (exact) mass is 232 g/mol. The standard InChI is InChI=1S/C13H20N4/c1-4-16-7-5-12(6-8-16)17-11(3)13(9-14)10(2)15-17/h12H,4-8H2,1-3H3. The minimum atomic E-state index is 0.471. The van der Waals surface area contributed by atoms with E-state index in [2.05, 4.69) is 27.7 Å². The third-order valence-electron chi connectivity index (χ3n) is 3.79. The molecule has 0 N–H and O–H groups in total. The lowest BCUT2D eigenvalue weighted by Gasteiger charge is -2.31. The summed E-state index contributed by atoms with van der Waals surface area (Å²) < 4.78 is 2.07. The smallest absolute Gasteiger partial charge is 0.103 e. The molecule has 1 aromatic rings. The van der Waals surface area contributed by atoms with Gasteiger partial charge in [-0.05, 0) is 33.2 Å². The molecule has 0 spiro atoms. The highest BCUT2D eigenvalue weighted by Crippen LogP contribution is 2.25. The van der Waals surface area contributed by atoms with Gasteiger partial charge in [-0.25, -0.2) is 0 Å². The molecular formula is C13H20N4. The van der Waals surface area contributed by atoms with Crippen molar-refractivity contribution in [3.05, 3.63) is 17.0 Å². The van der Waals surface area contributed by atoms with Gasteiger partial charge in [-0.1, -0.05) is 6.92 Å². The Morgan fingerprint density at radius 1 is 1.35 bits per heavy atom. The average Bonchev–Trinajstić information content (AvgIpc) is 2.64. The summed E-state index contributed by atoms with van der Waals surface area (Å²) in [6.45, 7) is 9.54. The van der Waals surface area contributed by atoms with E-state index in [1.807, 2.05) is 13.8 Å². The van der Waals surface area contributed by atoms with Gasteiger partial charge < -0.3 is 4.90 Å². The van der Waals surface area contributed by atoms with E-state index < -0.39 is 0 Å². The Kier molecular flexibility index (Phi) is 3.49. The summed E-state index contributed by atoms with van der Waals surface area (Å²) in [5, 5.41) is 13.6. The third-order valence-corrected chi connectivity index (χ3v) is 3.79. The molecule has 1 aliphatic heterocycles. The van der Waals surface area contributed by atoms with Crippen LogP contribution in [0.3, 0.4) is 0 Å². The number of hydrogen-bond donors (Lipinski definition) is 0. The van der Waals surface area contributed by atoms with Crippen LogP contribution >= 0.6 is 0 Å². The van der Waals surface area contributed by atoms with Gasteiger partial charge in [0.25, 0.3) is 0 Å². The number of nitrogens with zero attached hydrogens (tertiary/aromatic N) is 4. The summed E-state index contributed by atoms with van der Waals surface area (Å²) >= 11 is 0. The van der Waals surface area contributed by atoms with Gasteiger partial charge >= 0.3 is 0 Å². The summed E-state index contributed by atoms with van der Waals surface area (Å²) in [4.78, 5) is 2.47. The Bertz CT molecular complexity index is 433. The zero-order valence-electron chi connectivity index (χ0n) is 10.9. The molecule has 0 unspecified atom stereocenters. The maximum atomic E-state index is 9.08. The van der Waals surface area contributed by atoms with Crippen LogP contribution in [0, 0.1) is 25.2 Å². The van der Waals surface area contributed by atoms with E-state index in [1.54, 1.807) is 0 Å². The lowest BCUT2D eigenvalue weighted by Crippen LogP contribution is -2.34. The number of likely N-dealkylation sites (tertiary alicyclic amines) is 1. The van der Waals surface area contributed by atoms with Crippen molar-refractivity contribution in [2.24, 2.45) is 0 Å². The first-order valence-corrected chi connectivity index (χ1v) is 6.35. The molecule has 0 saturated carbocycles. The molecule has 92 valence electrons. The van der Waals surface area contributed by atoms with Gasteiger partial charge in [0.2, 0.25) is 0 Å². The fourth-order valence-electron chi connectivity index (χ4n) is 2.66. The number of piperidine rings is 1. The summed E-state index contributed by atoms with van der Waals surface area (Å²) in [6, 6.07) is 2.72. The molecule has 1 aromatic heterocycles. The predicted octanol–water partition coefficient (Wildman–Crippen LogP) is 2.03. The number of hydrogen-bond acceptors (Lipinski definition) is 3. The number of nitriles is 1. The Balaban J connectivity index is 2.17. The van der Waals surface area contributed by atoms with Crippen LogP contribution in [0.2, 0.25) is 0 Å². The number of aryl methyl sites for hydroxylation is 1. The van der Waals surface area contributed by atoms with Gasteiger partial charge in [-0.3, -0.25) is 4.68 Å². The van der Waals surface area contributed by atoms with Crippen LogP contribution in [-0.2, 0) is 0 Å². The van der Waals surface area contributed by atoms with E-state index in [1.165, 1.54) is 0 Å². The lowest BCUT2D eigenvalue weighted by atomic mass is 10.0. The van der Waals surface area contributed by atoms with Gasteiger partial charge in [0.1, 0.15) is 6.07 Å². The molecule has 0 amide bonds. The minimum absolute atomic E-state index is 0.471. The Labute approximate surface area is 103 Å². The van der Waals surface area contributed by atoms with Crippen LogP contribution in [0.15, 0.2) is 0 Å². The van der Waals surface area contributed by atoms with Gasteiger partial charge in [0.05, 0.1) is 23.0 Å². The average molecular weight is 232 g/mol. The van der Waals surface area contributed by atoms with Crippen LogP contribution in [-0.4, -0.2) is 34.3 Å². The second-order valence-corrected chi connectivity index (χ2v) is 4.77. The summed E-state index contributed by atoms with van der Waals surface area (Å²) in [5.74, 6) is 0. The SMILES string of the molecule is CCN1CCC(n2nc(C)c(C#N)c2C)CC1. The van der Waals surface area contributed by atoms with Crippen molar-refractivity contribution in [3.8, 4) is 6.07 Å². The van der Waals surface area contributed by atoms with Crippen molar-refractivity contribution < 1.29 is 0 Å². The minimum Gasteiger partial charge on any atom is -0.303 e. The van der Waals surface area contributed by atoms with Crippen molar-refractivity contribution in [1.82, 2.24) is 14.7 Å². The van der Waals surface area contributed by atoms with Crippen LogP contribution < -0.4 is 0 Å². The van der Waals surface area contributed by atoms with Crippen molar-refractivity contribution in [3.63, 3.8) is 0 Å². The van der Waals surface area contributed by atoms with E-state index in [0.717, 1.165) is 49.4 Å². The van der Waals surface area contributed by atoms with Crippen LogP contribution in [0.25, 0.3) is 0 Å². The molecule has 0 radical (unpaired) electrons. The Morgan fingerprint density at radius 2 is 2.00 bits per heavy atom. The lowest BCUT2D eigenvalue weighted by molar-refractivity contribution is 0.186. The number of aromatic nitrogens is 2. The highest BCUT2D eigenvalue weighted by Gasteiger charge is 2.23. The second-order valence-electron chi connectivity index (χ2n) is 4.77. The summed E-state index contributed by atoms with van der Waals surface area (Å²) in [6.07, 6.45) is 2.28. The van der Waals surface area contributed by atoms with Gasteiger partial charge in [-0.15, -0.1) is 0 Å². The molecule has 2 heterocycles. The molecule has 0 aromatic carbocycles. The zero-order valence-corrected chi connectivity index (χ0v) is 10.9. The third kappa shape index (κ3) is 2.20. The Morgan fingerprint density at radius 3 is 2.47 bits per heavy atom. The largest absolute Gasteiger partial charge is 0.303 e. The van der Waals surface area contributed by atoms with Crippen LogP contribution in [0.5, 0.6) is 0 Å². The van der Waals surface area contributed by atoms with Crippen molar-refractivity contribution >= 4 is 0 Å². The molecular weight excluding hydrogens is 212 g/mol. The predicted molar refractivity (Wildman–Crippen MR) is 66.8 cm³/mol. The molecule has 17 heavy (non-hydrogen) atoms. The van der Waals surface area contributed by atoms with E-state index in [9.17, 15) is 0 Å². The van der Waals surface area contributed by atoms with Crippen molar-refractivity contribution in [2.75, 3.05) is 19.6 Å². The van der Waals surface area contributed by atoms with E-state index in [-0.39, 0.29) is 0 Å². The van der Waals surface area contributed by atoms with Crippen molar-refractivity contribution in [2.45, 2.75) is 39.7 Å². The molecule has 4 nitrogen and oxygen atoms in total. The molecule has 0 aliphatic carbocycles. The zero-order chi connectivity index (χ0) is 12.4. The van der Waals surface area contributed by atoms with E-state index >= 15 is 0 Å². The van der Waals surface area contributed by atoms with Gasteiger partial charge in [0.15, 0.2) is 0 Å². The quantitative estimate of drug-likeness (QED) is 0.783. The normalized spacial score (nSPS) is 18.2. The van der Waals surface area contributed by atoms with E-state index in [4.69, 9.17) is 5.26 Å². The maximum absolute atomic E-state index is 9.08. The fraction of sp³-hybridized carbons (Fsp3) is 0.692. The first-order valence-electron chi connectivity index (χ1n) is 6.35. The molecule has 1 aliphatic rings. The molecule has 0 bridgehead atoms. The maximum Gasteiger partial charge on any atom is 0.103 e. The van der Waals surface area contributed by atoms with Gasteiger partial charge in [-0.2, -0.15) is 10.4 Å². The molecule has 1 saturated heterocycles. The first-order chi connectivity index (χ1) is 8.17. The molecule has 2 rings (SSSR count). The second kappa shape index (κ2) is 4.89. The molecule has 4 heteroatoms. The molecule has 1 fully saturated rings. The van der Waals surface area contributed by atoms with Crippen molar-refractivity contribution in [1.29, 1.82) is 5.26 Å². The molecule has 0 atom stereocenters. The van der Waals surface area contributed by atoms with Gasteiger partial charge in [0, 0.05) is 13.1 Å². The number of rotatable bonds is 2. The summed E-state index contributed by atoms with van der Waals surface area (Å²) in [5.41, 5.74) is 2.64. The van der Waals surface area contributed by atoms with Crippen LogP contribution in [0.4, 0.5) is 0 Å². The van der Waals surface area contributed by atoms with Crippen LogP contribution in [0.1, 0.15) is 42.8 Å².